The average molecular weight is 347 g/mol. The molecule has 0 saturated heterocycles. The lowest BCUT2D eigenvalue weighted by Gasteiger charge is -2.09. The summed E-state index contributed by atoms with van der Waals surface area (Å²) in [7, 11) is 0. The zero-order valence-electron chi connectivity index (χ0n) is 11.5. The molecule has 0 aliphatic rings. The van der Waals surface area contributed by atoms with E-state index in [0.717, 1.165) is 28.6 Å². The third-order valence-electron chi connectivity index (χ3n) is 2.91. The number of benzene rings is 1. The summed E-state index contributed by atoms with van der Waals surface area (Å²) >= 11 is 3.46. The number of aromatic amines is 1. The Balaban J connectivity index is 1.97. The molecule has 0 radical (unpaired) electrons. The first-order valence-electron chi connectivity index (χ1n) is 6.74. The van der Waals surface area contributed by atoms with Gasteiger partial charge in [-0.25, -0.2) is 4.98 Å². The van der Waals surface area contributed by atoms with Crippen LogP contribution in [0.1, 0.15) is 13.3 Å². The summed E-state index contributed by atoms with van der Waals surface area (Å²) in [5.41, 5.74) is 2.37. The Morgan fingerprint density at radius 2 is 2.19 bits per heavy atom. The van der Waals surface area contributed by atoms with Gasteiger partial charge in [0.2, 0.25) is 5.95 Å². The van der Waals surface area contributed by atoms with E-state index in [1.807, 2.05) is 24.3 Å². The van der Waals surface area contributed by atoms with E-state index >= 15 is 0 Å². The third kappa shape index (κ3) is 3.13. The summed E-state index contributed by atoms with van der Waals surface area (Å²) in [6.45, 7) is 2.92. The monoisotopic (exact) mass is 346 g/mol. The summed E-state index contributed by atoms with van der Waals surface area (Å²) in [6, 6.07) is 7.91. The highest BCUT2D eigenvalue weighted by atomic mass is 79.9. The Morgan fingerprint density at radius 3 is 3.00 bits per heavy atom. The smallest absolute Gasteiger partial charge is 0.226 e. The van der Waals surface area contributed by atoms with Crippen molar-refractivity contribution >= 4 is 44.5 Å². The number of rotatable bonds is 5. The molecule has 2 aromatic heterocycles. The molecule has 0 amide bonds. The SMILES string of the molecule is CCCNc1nc(Nc2cccc(Br)c2)c2[nH]cnc2n1. The van der Waals surface area contributed by atoms with Gasteiger partial charge >= 0.3 is 0 Å². The number of fused-ring (bicyclic) bond motifs is 1. The molecular formula is C14H15BrN6. The fourth-order valence-electron chi connectivity index (χ4n) is 1.94. The van der Waals surface area contributed by atoms with Crippen molar-refractivity contribution in [2.45, 2.75) is 13.3 Å². The van der Waals surface area contributed by atoms with Crippen LogP contribution in [0.25, 0.3) is 11.2 Å². The maximum absolute atomic E-state index is 4.52. The lowest BCUT2D eigenvalue weighted by Crippen LogP contribution is -2.06. The van der Waals surface area contributed by atoms with Gasteiger partial charge < -0.3 is 15.6 Å². The van der Waals surface area contributed by atoms with E-state index in [2.05, 4.69) is 53.4 Å². The second-order valence-electron chi connectivity index (χ2n) is 4.56. The highest BCUT2D eigenvalue weighted by molar-refractivity contribution is 9.10. The second-order valence-corrected chi connectivity index (χ2v) is 5.47. The predicted molar refractivity (Wildman–Crippen MR) is 87.9 cm³/mol. The minimum Gasteiger partial charge on any atom is -0.354 e. The van der Waals surface area contributed by atoms with Crippen molar-refractivity contribution in [1.82, 2.24) is 19.9 Å². The van der Waals surface area contributed by atoms with Crippen LogP contribution in [0.3, 0.4) is 0 Å². The minimum atomic E-state index is 0.578. The van der Waals surface area contributed by atoms with Gasteiger partial charge in [0.25, 0.3) is 0 Å². The molecule has 108 valence electrons. The molecule has 0 aliphatic heterocycles. The molecule has 7 heteroatoms. The quantitative estimate of drug-likeness (QED) is 0.656. The van der Waals surface area contributed by atoms with Gasteiger partial charge in [-0.3, -0.25) is 0 Å². The van der Waals surface area contributed by atoms with E-state index in [4.69, 9.17) is 0 Å². The van der Waals surface area contributed by atoms with Crippen LogP contribution in [0.5, 0.6) is 0 Å². The standard InChI is InChI=1S/C14H15BrN6/c1-2-6-16-14-20-12-11(17-8-18-12)13(21-14)19-10-5-3-4-9(15)7-10/h3-5,7-8H,2,6H2,1H3,(H3,16,17,18,19,20,21). The third-order valence-corrected chi connectivity index (χ3v) is 3.40. The summed E-state index contributed by atoms with van der Waals surface area (Å²) in [5.74, 6) is 1.28. The molecule has 0 atom stereocenters. The van der Waals surface area contributed by atoms with Gasteiger partial charge in [-0.1, -0.05) is 28.9 Å². The second kappa shape index (κ2) is 6.09. The van der Waals surface area contributed by atoms with Crippen molar-refractivity contribution in [1.29, 1.82) is 0 Å². The first kappa shape index (κ1) is 13.8. The number of nitrogens with one attached hydrogen (secondary N) is 3. The van der Waals surface area contributed by atoms with Crippen LogP contribution in [-0.4, -0.2) is 26.5 Å². The maximum atomic E-state index is 4.52. The van der Waals surface area contributed by atoms with Gasteiger partial charge in [-0.15, -0.1) is 0 Å². The fraction of sp³-hybridized carbons (Fsp3) is 0.214. The number of imidazole rings is 1. The maximum Gasteiger partial charge on any atom is 0.226 e. The van der Waals surface area contributed by atoms with Crippen molar-refractivity contribution in [2.24, 2.45) is 0 Å². The molecule has 1 aromatic carbocycles. The van der Waals surface area contributed by atoms with Gasteiger partial charge in [0.15, 0.2) is 11.5 Å². The van der Waals surface area contributed by atoms with Crippen molar-refractivity contribution < 1.29 is 0 Å². The molecule has 0 unspecified atom stereocenters. The zero-order valence-corrected chi connectivity index (χ0v) is 13.1. The fourth-order valence-corrected chi connectivity index (χ4v) is 2.34. The van der Waals surface area contributed by atoms with Crippen LogP contribution < -0.4 is 10.6 Å². The van der Waals surface area contributed by atoms with Crippen molar-refractivity contribution in [3.05, 3.63) is 35.1 Å². The van der Waals surface area contributed by atoms with E-state index in [1.54, 1.807) is 6.33 Å². The van der Waals surface area contributed by atoms with Crippen molar-refractivity contribution in [2.75, 3.05) is 17.2 Å². The Labute approximate surface area is 130 Å². The molecule has 3 N–H and O–H groups in total. The van der Waals surface area contributed by atoms with Crippen LogP contribution in [-0.2, 0) is 0 Å². The normalized spacial score (nSPS) is 10.8. The van der Waals surface area contributed by atoms with Crippen molar-refractivity contribution in [3.8, 4) is 0 Å². The molecule has 0 bridgehead atoms. The summed E-state index contributed by atoms with van der Waals surface area (Å²) < 4.78 is 1.01. The molecule has 3 aromatic rings. The number of hydrogen-bond acceptors (Lipinski definition) is 5. The Hall–Kier alpha value is -2.15. The highest BCUT2D eigenvalue weighted by Crippen LogP contribution is 2.24. The van der Waals surface area contributed by atoms with Crippen LogP contribution >= 0.6 is 15.9 Å². The van der Waals surface area contributed by atoms with E-state index in [0.29, 0.717) is 17.4 Å². The van der Waals surface area contributed by atoms with Gasteiger partial charge in [0.05, 0.1) is 6.33 Å². The zero-order chi connectivity index (χ0) is 14.7. The van der Waals surface area contributed by atoms with Crippen LogP contribution in [0.15, 0.2) is 35.1 Å². The molecule has 3 rings (SSSR count). The number of halogens is 1. The van der Waals surface area contributed by atoms with Crippen LogP contribution in [0, 0.1) is 0 Å². The van der Waals surface area contributed by atoms with Crippen LogP contribution in [0.2, 0.25) is 0 Å². The number of hydrogen-bond donors (Lipinski definition) is 3. The minimum absolute atomic E-state index is 0.578. The van der Waals surface area contributed by atoms with Crippen LogP contribution in [0.4, 0.5) is 17.5 Å². The molecule has 0 fully saturated rings. The number of H-pyrrole nitrogens is 1. The Bertz CT molecular complexity index is 754. The Kier molecular flexibility index (Phi) is 4.01. The van der Waals surface area contributed by atoms with Gasteiger partial charge in [0, 0.05) is 16.7 Å². The first-order valence-corrected chi connectivity index (χ1v) is 7.53. The van der Waals surface area contributed by atoms with E-state index in [9.17, 15) is 0 Å². The first-order chi connectivity index (χ1) is 10.3. The Morgan fingerprint density at radius 1 is 1.29 bits per heavy atom. The lowest BCUT2D eigenvalue weighted by molar-refractivity contribution is 0.956. The van der Waals surface area contributed by atoms with Crippen molar-refractivity contribution in [3.63, 3.8) is 0 Å². The lowest BCUT2D eigenvalue weighted by atomic mass is 10.3. The number of aromatic nitrogens is 4. The summed E-state index contributed by atoms with van der Waals surface area (Å²) in [5, 5.41) is 6.49. The van der Waals surface area contributed by atoms with E-state index < -0.39 is 0 Å². The molecule has 2 heterocycles. The predicted octanol–water partition coefficient (Wildman–Crippen LogP) is 3.68. The number of nitrogens with zero attached hydrogens (tertiary/aromatic N) is 3. The molecule has 21 heavy (non-hydrogen) atoms. The number of anilines is 3. The molecule has 0 aliphatic carbocycles. The molecule has 0 saturated carbocycles. The van der Waals surface area contributed by atoms with E-state index in [-0.39, 0.29) is 0 Å². The largest absolute Gasteiger partial charge is 0.354 e. The summed E-state index contributed by atoms with van der Waals surface area (Å²) in [4.78, 5) is 16.2. The van der Waals surface area contributed by atoms with Gasteiger partial charge in [-0.05, 0) is 24.6 Å². The molecule has 6 nitrogen and oxygen atoms in total. The molecular weight excluding hydrogens is 332 g/mol. The highest BCUT2D eigenvalue weighted by Gasteiger charge is 2.10. The van der Waals surface area contributed by atoms with E-state index in [1.165, 1.54) is 0 Å². The molecule has 0 spiro atoms. The average Bonchev–Trinajstić information content (AvgIpc) is 2.94. The summed E-state index contributed by atoms with van der Waals surface area (Å²) in [6.07, 6.45) is 2.63. The van der Waals surface area contributed by atoms with Gasteiger partial charge in [0.1, 0.15) is 5.52 Å². The van der Waals surface area contributed by atoms with Gasteiger partial charge in [-0.2, -0.15) is 9.97 Å². The topological polar surface area (TPSA) is 78.5 Å².